The molecule has 0 bridgehead atoms. The van der Waals surface area contributed by atoms with Gasteiger partial charge in [0.25, 0.3) is 0 Å². The summed E-state index contributed by atoms with van der Waals surface area (Å²) in [5, 5.41) is 1.76. The molecule has 1 saturated heterocycles. The Morgan fingerprint density at radius 3 is 2.28 bits per heavy atom. The van der Waals surface area contributed by atoms with Crippen molar-refractivity contribution in [2.45, 2.75) is 44.8 Å². The van der Waals surface area contributed by atoms with Gasteiger partial charge >= 0.3 is 6.36 Å². The number of nitrogens with two attached hydrogens (primary N) is 1. The molecule has 0 atom stereocenters. The summed E-state index contributed by atoms with van der Waals surface area (Å²) < 4.78 is 50.2. The molecule has 1 aliphatic rings. The molecule has 5 rings (SSSR count). The standard InChI is InChI=1S/C30H31ClF3N3O2/c31-23-5-9-24(10-6-23)38-25-12-16-36(17-13-25)19-21-2-11-29-27(18-21)28(20-37(29)15-1-14-35)22-3-7-26(8-4-22)39-30(32,33)34/h2-11,18,20,25H,1,12-17,19,35H2. The summed E-state index contributed by atoms with van der Waals surface area (Å²) >= 11 is 5.97. The number of rotatable bonds is 9. The van der Waals surface area contributed by atoms with Gasteiger partial charge in [-0.1, -0.05) is 29.8 Å². The smallest absolute Gasteiger partial charge is 0.490 e. The van der Waals surface area contributed by atoms with Gasteiger partial charge < -0.3 is 19.8 Å². The normalized spacial score (nSPS) is 15.1. The lowest BCUT2D eigenvalue weighted by atomic mass is 10.0. The Hall–Kier alpha value is -3.20. The van der Waals surface area contributed by atoms with Crippen LogP contribution in [0.4, 0.5) is 13.2 Å². The Bertz CT molecular complexity index is 1380. The molecule has 3 aromatic carbocycles. The highest BCUT2D eigenvalue weighted by Gasteiger charge is 2.31. The second-order valence-electron chi connectivity index (χ2n) is 9.85. The molecule has 0 radical (unpaired) electrons. The van der Waals surface area contributed by atoms with E-state index in [1.807, 2.05) is 24.3 Å². The number of hydrogen-bond donors (Lipinski definition) is 1. The first-order chi connectivity index (χ1) is 18.8. The van der Waals surface area contributed by atoms with Gasteiger partial charge in [-0.05, 0) is 85.5 Å². The third-order valence-corrected chi connectivity index (χ3v) is 7.26. The van der Waals surface area contributed by atoms with E-state index in [4.69, 9.17) is 22.1 Å². The molecule has 1 aliphatic heterocycles. The number of piperidine rings is 1. The summed E-state index contributed by atoms with van der Waals surface area (Å²) in [5.41, 5.74) is 9.82. The Morgan fingerprint density at radius 1 is 0.923 bits per heavy atom. The van der Waals surface area contributed by atoms with E-state index < -0.39 is 6.36 Å². The lowest BCUT2D eigenvalue weighted by molar-refractivity contribution is -0.274. The summed E-state index contributed by atoms with van der Waals surface area (Å²) in [7, 11) is 0. The third kappa shape index (κ3) is 7.06. The van der Waals surface area contributed by atoms with Crippen molar-refractivity contribution in [1.82, 2.24) is 9.47 Å². The van der Waals surface area contributed by atoms with Gasteiger partial charge in [0, 0.05) is 53.9 Å². The number of aryl methyl sites for hydroxylation is 1. The Kier molecular flexibility index (Phi) is 8.35. The highest BCUT2D eigenvalue weighted by molar-refractivity contribution is 6.30. The zero-order valence-corrected chi connectivity index (χ0v) is 22.2. The molecule has 206 valence electrons. The summed E-state index contributed by atoms with van der Waals surface area (Å²) in [6.45, 7) is 4.02. The average Bonchev–Trinajstić information content (AvgIpc) is 3.27. The fourth-order valence-corrected chi connectivity index (χ4v) is 5.23. The van der Waals surface area contributed by atoms with Crippen LogP contribution in [0.5, 0.6) is 11.5 Å². The molecule has 2 N–H and O–H groups in total. The van der Waals surface area contributed by atoms with Crippen LogP contribution >= 0.6 is 11.6 Å². The molecule has 5 nitrogen and oxygen atoms in total. The van der Waals surface area contributed by atoms with Gasteiger partial charge in [-0.25, -0.2) is 0 Å². The number of nitrogens with zero attached hydrogens (tertiary/aromatic N) is 2. The maximum absolute atomic E-state index is 12.6. The van der Waals surface area contributed by atoms with Crippen LogP contribution in [-0.4, -0.2) is 41.6 Å². The van der Waals surface area contributed by atoms with Gasteiger partial charge in [-0.15, -0.1) is 13.2 Å². The number of likely N-dealkylation sites (tertiary alicyclic amines) is 1. The second-order valence-corrected chi connectivity index (χ2v) is 10.3. The molecule has 39 heavy (non-hydrogen) atoms. The maximum atomic E-state index is 12.6. The van der Waals surface area contributed by atoms with Crippen LogP contribution in [0.15, 0.2) is 72.9 Å². The van der Waals surface area contributed by atoms with Crippen LogP contribution in [0.2, 0.25) is 5.02 Å². The van der Waals surface area contributed by atoms with Crippen LogP contribution in [-0.2, 0) is 13.1 Å². The first-order valence-electron chi connectivity index (χ1n) is 13.1. The van der Waals surface area contributed by atoms with Crippen LogP contribution in [0, 0.1) is 0 Å². The van der Waals surface area contributed by atoms with E-state index in [1.165, 1.54) is 17.7 Å². The first-order valence-corrected chi connectivity index (χ1v) is 13.5. The lowest BCUT2D eigenvalue weighted by Gasteiger charge is -2.32. The topological polar surface area (TPSA) is 52.7 Å². The number of aromatic nitrogens is 1. The van der Waals surface area contributed by atoms with E-state index in [0.29, 0.717) is 11.6 Å². The van der Waals surface area contributed by atoms with E-state index in [0.717, 1.165) is 73.2 Å². The zero-order chi connectivity index (χ0) is 27.4. The zero-order valence-electron chi connectivity index (χ0n) is 21.5. The van der Waals surface area contributed by atoms with E-state index in [1.54, 1.807) is 12.1 Å². The minimum atomic E-state index is -4.72. The molecule has 0 aliphatic carbocycles. The van der Waals surface area contributed by atoms with Crippen molar-refractivity contribution in [2.24, 2.45) is 5.73 Å². The molecule has 0 saturated carbocycles. The number of hydrogen-bond acceptors (Lipinski definition) is 4. The van der Waals surface area contributed by atoms with Gasteiger partial charge in [0.2, 0.25) is 0 Å². The number of fused-ring (bicyclic) bond motifs is 1. The molecule has 1 fully saturated rings. The number of benzene rings is 3. The van der Waals surface area contributed by atoms with Crippen LogP contribution in [0.1, 0.15) is 24.8 Å². The predicted molar refractivity (Wildman–Crippen MR) is 148 cm³/mol. The minimum absolute atomic E-state index is 0.178. The summed E-state index contributed by atoms with van der Waals surface area (Å²) in [6.07, 6.45) is 0.234. The highest BCUT2D eigenvalue weighted by Crippen LogP contribution is 2.34. The summed E-state index contributed by atoms with van der Waals surface area (Å²) in [6, 6.07) is 20.0. The van der Waals surface area contributed by atoms with Crippen LogP contribution < -0.4 is 15.2 Å². The van der Waals surface area contributed by atoms with Crippen LogP contribution in [0.3, 0.4) is 0 Å². The van der Waals surface area contributed by atoms with Crippen molar-refractivity contribution in [3.8, 4) is 22.6 Å². The largest absolute Gasteiger partial charge is 0.573 e. The molecule has 1 aromatic heterocycles. The predicted octanol–water partition coefficient (Wildman–Crippen LogP) is 7.25. The SMILES string of the molecule is NCCCn1cc(-c2ccc(OC(F)(F)F)cc2)c2cc(CN3CCC(Oc4ccc(Cl)cc4)CC3)ccc21. The number of halogens is 4. The van der Waals surface area contributed by atoms with Gasteiger partial charge in [-0.2, -0.15) is 0 Å². The van der Waals surface area contributed by atoms with Gasteiger partial charge in [-0.3, -0.25) is 4.90 Å². The second kappa shape index (κ2) is 11.9. The van der Waals surface area contributed by atoms with Crippen molar-refractivity contribution < 1.29 is 22.6 Å². The van der Waals surface area contributed by atoms with Gasteiger partial charge in [0.15, 0.2) is 0 Å². The lowest BCUT2D eigenvalue weighted by Crippen LogP contribution is -2.37. The van der Waals surface area contributed by atoms with Gasteiger partial charge in [0.1, 0.15) is 17.6 Å². The van der Waals surface area contributed by atoms with E-state index in [2.05, 4.69) is 38.6 Å². The van der Waals surface area contributed by atoms with Crippen molar-refractivity contribution in [3.05, 3.63) is 83.5 Å². The average molecular weight is 558 g/mol. The first kappa shape index (κ1) is 27.4. The quantitative estimate of drug-likeness (QED) is 0.235. The van der Waals surface area contributed by atoms with E-state index in [9.17, 15) is 13.2 Å². The van der Waals surface area contributed by atoms with Crippen molar-refractivity contribution >= 4 is 22.5 Å². The van der Waals surface area contributed by atoms with Gasteiger partial charge in [0.05, 0.1) is 0 Å². The van der Waals surface area contributed by atoms with E-state index >= 15 is 0 Å². The molecule has 9 heteroatoms. The maximum Gasteiger partial charge on any atom is 0.573 e. The minimum Gasteiger partial charge on any atom is -0.490 e. The monoisotopic (exact) mass is 557 g/mol. The molecule has 0 amide bonds. The molecular weight excluding hydrogens is 527 g/mol. The number of ether oxygens (including phenoxy) is 2. The Labute approximate surface area is 230 Å². The fourth-order valence-electron chi connectivity index (χ4n) is 5.10. The van der Waals surface area contributed by atoms with Crippen molar-refractivity contribution in [2.75, 3.05) is 19.6 Å². The molecule has 0 unspecified atom stereocenters. The molecular formula is C30H31ClF3N3O2. The van der Waals surface area contributed by atoms with Crippen LogP contribution in [0.25, 0.3) is 22.0 Å². The van der Waals surface area contributed by atoms with Crippen molar-refractivity contribution in [3.63, 3.8) is 0 Å². The van der Waals surface area contributed by atoms with Crippen molar-refractivity contribution in [1.29, 1.82) is 0 Å². The highest BCUT2D eigenvalue weighted by atomic mass is 35.5. The Morgan fingerprint density at radius 2 is 1.62 bits per heavy atom. The fraction of sp³-hybridized carbons (Fsp3) is 0.333. The number of alkyl halides is 3. The Balaban J connectivity index is 1.31. The summed E-state index contributed by atoms with van der Waals surface area (Å²) in [4.78, 5) is 2.43. The summed E-state index contributed by atoms with van der Waals surface area (Å²) in [5.74, 6) is 0.607. The molecule has 0 spiro atoms. The van der Waals surface area contributed by atoms with E-state index in [-0.39, 0.29) is 11.9 Å². The molecule has 4 aromatic rings. The molecule has 2 heterocycles. The third-order valence-electron chi connectivity index (χ3n) is 7.00.